The second-order valence-corrected chi connectivity index (χ2v) is 11.1. The highest BCUT2D eigenvalue weighted by atomic mass is 32.2. The number of nitrogens with one attached hydrogen (secondary N) is 1. The van der Waals surface area contributed by atoms with E-state index < -0.39 is 10.0 Å². The summed E-state index contributed by atoms with van der Waals surface area (Å²) in [6.07, 6.45) is 5.68. The SMILES string of the molecule is Cc1cc(NC2=NC=CN3C2=NCC3C2C=NN(C)C2)sc1S(=O)(=O)N1CCOCC1. The summed E-state index contributed by atoms with van der Waals surface area (Å²) < 4.78 is 33.3. The van der Waals surface area contributed by atoms with Crippen molar-refractivity contribution >= 4 is 44.2 Å². The highest BCUT2D eigenvalue weighted by molar-refractivity contribution is 7.91. The topological polar surface area (TPSA) is 102 Å². The van der Waals surface area contributed by atoms with Gasteiger partial charge in [-0.3, -0.25) is 10.0 Å². The third kappa shape index (κ3) is 3.77. The number of aryl methyl sites for hydroxylation is 1. The molecular weight excluding hydrogens is 438 g/mol. The van der Waals surface area contributed by atoms with E-state index in [0.29, 0.717) is 48.8 Å². The zero-order valence-electron chi connectivity index (χ0n) is 17.4. The predicted octanol–water partition coefficient (Wildman–Crippen LogP) is 1.00. The van der Waals surface area contributed by atoms with Gasteiger partial charge in [-0.1, -0.05) is 0 Å². The average Bonchev–Trinajstić information content (AvgIpc) is 3.47. The van der Waals surface area contributed by atoms with Crippen LogP contribution in [0.5, 0.6) is 0 Å². The molecule has 0 bridgehead atoms. The molecule has 0 aliphatic carbocycles. The van der Waals surface area contributed by atoms with Crippen molar-refractivity contribution in [2.45, 2.75) is 17.2 Å². The molecule has 1 aromatic rings. The standard InChI is InChI=1S/C19H25N7O3S2/c1-13-9-16(30-19(13)31(27,28)25-5-7-29-8-6-25)23-17-18-21-11-15(26(18)4-3-20-17)14-10-22-24(2)12-14/h3-4,9-10,14-15H,5-8,11-12H2,1-2H3,(H,20,23). The summed E-state index contributed by atoms with van der Waals surface area (Å²) in [6.45, 7) is 4.98. The van der Waals surface area contributed by atoms with Crippen molar-refractivity contribution in [2.24, 2.45) is 21.0 Å². The Morgan fingerprint density at radius 2 is 2.10 bits per heavy atom. The molecule has 0 spiro atoms. The molecule has 10 nitrogen and oxygen atoms in total. The van der Waals surface area contributed by atoms with Crippen LogP contribution in [0.2, 0.25) is 0 Å². The number of sulfonamides is 1. The lowest BCUT2D eigenvalue weighted by Gasteiger charge is -2.29. The number of anilines is 1. The first-order chi connectivity index (χ1) is 14.9. The Morgan fingerprint density at radius 1 is 1.29 bits per heavy atom. The number of fused-ring (bicyclic) bond motifs is 1. The van der Waals surface area contributed by atoms with E-state index in [9.17, 15) is 8.42 Å². The molecule has 4 aliphatic rings. The Hall–Kier alpha value is -2.28. The molecule has 5 heterocycles. The molecule has 4 aliphatic heterocycles. The molecule has 0 amide bonds. The molecule has 2 unspecified atom stereocenters. The molecule has 1 saturated heterocycles. The van der Waals surface area contributed by atoms with Crippen LogP contribution in [0.4, 0.5) is 5.00 Å². The van der Waals surface area contributed by atoms with E-state index in [4.69, 9.17) is 9.73 Å². The van der Waals surface area contributed by atoms with Crippen LogP contribution in [0.1, 0.15) is 5.56 Å². The quantitative estimate of drug-likeness (QED) is 0.715. The van der Waals surface area contributed by atoms with Gasteiger partial charge < -0.3 is 15.0 Å². The number of nitrogens with zero attached hydrogens (tertiary/aromatic N) is 6. The van der Waals surface area contributed by atoms with Crippen LogP contribution in [0.3, 0.4) is 0 Å². The minimum absolute atomic E-state index is 0.203. The third-order valence-corrected chi connectivity index (χ3v) is 9.42. The Kier molecular flexibility index (Phi) is 5.32. The van der Waals surface area contributed by atoms with Crippen LogP contribution in [-0.2, 0) is 14.8 Å². The minimum atomic E-state index is -3.54. The van der Waals surface area contributed by atoms with Crippen molar-refractivity contribution in [3.8, 4) is 0 Å². The fourth-order valence-corrected chi connectivity index (χ4v) is 7.32. The maximum Gasteiger partial charge on any atom is 0.253 e. The van der Waals surface area contributed by atoms with Crippen molar-refractivity contribution in [3.63, 3.8) is 0 Å². The first kappa shape index (κ1) is 20.6. The van der Waals surface area contributed by atoms with Gasteiger partial charge in [-0.15, -0.1) is 11.3 Å². The van der Waals surface area contributed by atoms with Gasteiger partial charge in [0.25, 0.3) is 10.0 Å². The number of morpholine rings is 1. The maximum absolute atomic E-state index is 13.1. The Bertz CT molecular complexity index is 1090. The molecule has 166 valence electrons. The Morgan fingerprint density at radius 3 is 2.84 bits per heavy atom. The number of thiophene rings is 1. The number of hydrogen-bond acceptors (Lipinski definition) is 10. The number of hydrazone groups is 1. The van der Waals surface area contributed by atoms with Crippen molar-refractivity contribution in [1.82, 2.24) is 14.2 Å². The largest absolute Gasteiger partial charge is 0.379 e. The van der Waals surface area contributed by atoms with Crippen LogP contribution >= 0.6 is 11.3 Å². The lowest BCUT2D eigenvalue weighted by atomic mass is 10.0. The van der Waals surface area contributed by atoms with Gasteiger partial charge in [-0.05, 0) is 18.6 Å². The smallest absolute Gasteiger partial charge is 0.253 e. The van der Waals surface area contributed by atoms with Crippen LogP contribution < -0.4 is 5.32 Å². The summed E-state index contributed by atoms with van der Waals surface area (Å²) in [7, 11) is -1.57. The molecule has 31 heavy (non-hydrogen) atoms. The molecule has 2 atom stereocenters. The summed E-state index contributed by atoms with van der Waals surface area (Å²) in [6, 6.07) is 2.06. The van der Waals surface area contributed by atoms with Crippen molar-refractivity contribution in [3.05, 3.63) is 24.0 Å². The van der Waals surface area contributed by atoms with Crippen LogP contribution in [-0.4, -0.2) is 93.0 Å². The highest BCUT2D eigenvalue weighted by Gasteiger charge is 2.38. The van der Waals surface area contributed by atoms with E-state index in [1.54, 1.807) is 6.20 Å². The van der Waals surface area contributed by atoms with E-state index in [2.05, 4.69) is 20.3 Å². The Balaban J connectivity index is 1.33. The van der Waals surface area contributed by atoms with Gasteiger partial charge in [0.1, 0.15) is 4.21 Å². The van der Waals surface area contributed by atoms with E-state index in [1.807, 2.05) is 37.5 Å². The van der Waals surface area contributed by atoms with Gasteiger partial charge >= 0.3 is 0 Å². The monoisotopic (exact) mass is 463 g/mol. The Labute approximate surface area is 185 Å². The number of rotatable bonds is 4. The summed E-state index contributed by atoms with van der Waals surface area (Å²) >= 11 is 1.23. The molecule has 12 heteroatoms. The van der Waals surface area contributed by atoms with E-state index in [0.717, 1.165) is 22.9 Å². The summed E-state index contributed by atoms with van der Waals surface area (Å²) in [5.74, 6) is 1.70. The first-order valence-electron chi connectivity index (χ1n) is 10.2. The molecule has 1 fully saturated rings. The van der Waals surface area contributed by atoms with Crippen LogP contribution in [0.25, 0.3) is 0 Å². The van der Waals surface area contributed by atoms with Gasteiger partial charge in [-0.25, -0.2) is 13.4 Å². The highest BCUT2D eigenvalue weighted by Crippen LogP contribution is 2.34. The fourth-order valence-electron chi connectivity index (χ4n) is 4.18. The molecule has 1 aromatic heterocycles. The zero-order valence-corrected chi connectivity index (χ0v) is 19.1. The molecule has 5 rings (SSSR count). The van der Waals surface area contributed by atoms with Gasteiger partial charge in [0, 0.05) is 51.2 Å². The minimum Gasteiger partial charge on any atom is -0.379 e. The second kappa shape index (κ2) is 8.01. The van der Waals surface area contributed by atoms with Gasteiger partial charge in [0.2, 0.25) is 0 Å². The normalized spacial score (nSPS) is 26.3. The maximum atomic E-state index is 13.1. The molecule has 0 radical (unpaired) electrons. The zero-order chi connectivity index (χ0) is 21.6. The first-order valence-corrected chi connectivity index (χ1v) is 12.5. The average molecular weight is 464 g/mol. The molecular formula is C19H25N7O3S2. The summed E-state index contributed by atoms with van der Waals surface area (Å²) in [5.41, 5.74) is 0.722. The molecule has 1 N–H and O–H groups in total. The van der Waals surface area contributed by atoms with Gasteiger partial charge in [0.05, 0.1) is 30.8 Å². The lowest BCUT2D eigenvalue weighted by molar-refractivity contribution is 0.0731. The molecule has 0 saturated carbocycles. The van der Waals surface area contributed by atoms with Crippen molar-refractivity contribution in [2.75, 3.05) is 51.8 Å². The van der Waals surface area contributed by atoms with Gasteiger partial charge in [-0.2, -0.15) is 9.41 Å². The van der Waals surface area contributed by atoms with Crippen LogP contribution in [0, 0.1) is 12.8 Å². The third-order valence-electron chi connectivity index (χ3n) is 5.76. The number of amidine groups is 2. The lowest BCUT2D eigenvalue weighted by Crippen LogP contribution is -2.44. The van der Waals surface area contributed by atoms with Gasteiger partial charge in [0.15, 0.2) is 11.7 Å². The predicted molar refractivity (Wildman–Crippen MR) is 121 cm³/mol. The van der Waals surface area contributed by atoms with E-state index in [1.165, 1.54) is 15.6 Å². The number of aliphatic imine (C=N–C) groups is 2. The molecule has 0 aromatic carbocycles. The van der Waals surface area contributed by atoms with Crippen molar-refractivity contribution in [1.29, 1.82) is 0 Å². The number of ether oxygens (including phenoxy) is 1. The summed E-state index contributed by atoms with van der Waals surface area (Å²) in [4.78, 5) is 11.3. The van der Waals surface area contributed by atoms with E-state index >= 15 is 0 Å². The van der Waals surface area contributed by atoms with Crippen molar-refractivity contribution < 1.29 is 13.2 Å². The van der Waals surface area contributed by atoms with E-state index in [-0.39, 0.29) is 6.04 Å². The number of hydrogen-bond donors (Lipinski definition) is 1. The summed E-state index contributed by atoms with van der Waals surface area (Å²) in [5, 5.41) is 10.3. The second-order valence-electron chi connectivity index (χ2n) is 7.91. The van der Waals surface area contributed by atoms with Crippen LogP contribution in [0.15, 0.2) is 37.8 Å². The fraction of sp³-hybridized carbons (Fsp3) is 0.526.